The molecule has 0 fully saturated rings. The highest BCUT2D eigenvalue weighted by atomic mass is 16.5. The molecule has 0 spiro atoms. The molecule has 0 aliphatic carbocycles. The average Bonchev–Trinajstić information content (AvgIpc) is 2.78. The van der Waals surface area contributed by atoms with E-state index in [-0.39, 0.29) is 11.7 Å². The highest BCUT2D eigenvalue weighted by molar-refractivity contribution is 5.94. The largest absolute Gasteiger partial charge is 0.508 e. The number of nitrogens with zero attached hydrogens (tertiary/aromatic N) is 2. The molecule has 0 unspecified atom stereocenters. The Morgan fingerprint density at radius 3 is 2.84 bits per heavy atom. The van der Waals surface area contributed by atoms with Crippen LogP contribution in [0.2, 0.25) is 0 Å². The Morgan fingerprint density at radius 1 is 1.42 bits per heavy atom. The third kappa shape index (κ3) is 3.31. The predicted molar refractivity (Wildman–Crippen MR) is 67.9 cm³/mol. The molecular formula is C13H15N3O3. The molecule has 1 heterocycles. The van der Waals surface area contributed by atoms with E-state index in [4.69, 9.17) is 4.52 Å². The fourth-order valence-corrected chi connectivity index (χ4v) is 1.58. The Balaban J connectivity index is 1.89. The van der Waals surface area contributed by atoms with E-state index in [2.05, 4.69) is 15.5 Å². The lowest BCUT2D eigenvalue weighted by Crippen LogP contribution is -2.25. The monoisotopic (exact) mass is 261 g/mol. The molecule has 1 aromatic carbocycles. The fourth-order valence-electron chi connectivity index (χ4n) is 1.58. The van der Waals surface area contributed by atoms with Gasteiger partial charge in [0.15, 0.2) is 5.82 Å². The third-order valence-electron chi connectivity index (χ3n) is 2.67. The first-order valence-corrected chi connectivity index (χ1v) is 5.93. The second-order valence-corrected chi connectivity index (χ2v) is 4.24. The second kappa shape index (κ2) is 5.51. The maximum Gasteiger partial charge on any atom is 0.251 e. The first-order valence-electron chi connectivity index (χ1n) is 5.93. The Labute approximate surface area is 110 Å². The molecule has 0 atom stereocenters. The number of amides is 1. The molecule has 2 rings (SSSR count). The van der Waals surface area contributed by atoms with Gasteiger partial charge in [0, 0.05) is 18.5 Å². The maximum absolute atomic E-state index is 11.8. The number of benzene rings is 1. The minimum absolute atomic E-state index is 0.111. The van der Waals surface area contributed by atoms with Crippen molar-refractivity contribution in [2.24, 2.45) is 0 Å². The molecule has 100 valence electrons. The summed E-state index contributed by atoms with van der Waals surface area (Å²) in [6.07, 6.45) is 0.477. The summed E-state index contributed by atoms with van der Waals surface area (Å²) in [7, 11) is 0. The lowest BCUT2D eigenvalue weighted by atomic mass is 10.1. The zero-order chi connectivity index (χ0) is 13.8. The van der Waals surface area contributed by atoms with Crippen molar-refractivity contribution in [3.05, 3.63) is 41.0 Å². The van der Waals surface area contributed by atoms with Crippen molar-refractivity contribution in [1.82, 2.24) is 15.5 Å². The number of aromatic nitrogens is 2. The van der Waals surface area contributed by atoms with Crippen LogP contribution in [-0.2, 0) is 6.42 Å². The zero-order valence-electron chi connectivity index (χ0n) is 10.8. The van der Waals surface area contributed by atoms with Gasteiger partial charge in [-0.25, -0.2) is 0 Å². The van der Waals surface area contributed by atoms with Gasteiger partial charge >= 0.3 is 0 Å². The first kappa shape index (κ1) is 13.1. The molecule has 0 aliphatic heterocycles. The molecule has 0 saturated carbocycles. The molecular weight excluding hydrogens is 246 g/mol. The molecule has 19 heavy (non-hydrogen) atoms. The predicted octanol–water partition coefficient (Wildman–Crippen LogP) is 1.36. The summed E-state index contributed by atoms with van der Waals surface area (Å²) in [5.41, 5.74) is 1.16. The smallest absolute Gasteiger partial charge is 0.251 e. The maximum atomic E-state index is 11.8. The van der Waals surface area contributed by atoms with Crippen LogP contribution in [0, 0.1) is 13.8 Å². The van der Waals surface area contributed by atoms with E-state index >= 15 is 0 Å². The van der Waals surface area contributed by atoms with Crippen molar-refractivity contribution in [2.45, 2.75) is 20.3 Å². The fraction of sp³-hybridized carbons (Fsp3) is 0.308. The molecule has 2 N–H and O–H groups in total. The molecule has 2 aromatic rings. The first-order chi connectivity index (χ1) is 9.06. The number of hydrogen-bond acceptors (Lipinski definition) is 5. The normalized spacial score (nSPS) is 10.4. The van der Waals surface area contributed by atoms with Gasteiger partial charge in [-0.3, -0.25) is 4.79 Å². The minimum Gasteiger partial charge on any atom is -0.508 e. The SMILES string of the molecule is Cc1noc(CCNC(=O)c2ccc(C)c(O)c2)n1. The lowest BCUT2D eigenvalue weighted by Gasteiger charge is -2.05. The lowest BCUT2D eigenvalue weighted by molar-refractivity contribution is 0.0953. The van der Waals surface area contributed by atoms with Crippen LogP contribution in [0.1, 0.15) is 27.6 Å². The molecule has 6 nitrogen and oxygen atoms in total. The Bertz CT molecular complexity index is 593. The highest BCUT2D eigenvalue weighted by Crippen LogP contribution is 2.17. The number of aryl methyl sites for hydroxylation is 2. The summed E-state index contributed by atoms with van der Waals surface area (Å²) in [5, 5.41) is 15.9. The minimum atomic E-state index is -0.244. The number of carbonyl (C=O) groups excluding carboxylic acids is 1. The van der Waals surface area contributed by atoms with Crippen LogP contribution < -0.4 is 5.32 Å². The highest BCUT2D eigenvalue weighted by Gasteiger charge is 2.08. The molecule has 0 radical (unpaired) electrons. The summed E-state index contributed by atoms with van der Waals surface area (Å²) in [5.74, 6) is 0.932. The summed E-state index contributed by atoms with van der Waals surface area (Å²) in [6, 6.07) is 4.81. The van der Waals surface area contributed by atoms with E-state index in [0.717, 1.165) is 5.56 Å². The van der Waals surface area contributed by atoms with Crippen LogP contribution in [0.3, 0.4) is 0 Å². The van der Waals surface area contributed by atoms with Gasteiger partial charge in [-0.1, -0.05) is 11.2 Å². The molecule has 1 amide bonds. The number of rotatable bonds is 4. The van der Waals surface area contributed by atoms with Crippen molar-refractivity contribution in [3.63, 3.8) is 0 Å². The average molecular weight is 261 g/mol. The van der Waals surface area contributed by atoms with Gasteiger partial charge in [-0.2, -0.15) is 4.98 Å². The summed E-state index contributed by atoms with van der Waals surface area (Å²) < 4.78 is 4.93. The number of hydrogen-bond donors (Lipinski definition) is 2. The van der Waals surface area contributed by atoms with Crippen molar-refractivity contribution < 1.29 is 14.4 Å². The van der Waals surface area contributed by atoms with E-state index in [1.807, 2.05) is 0 Å². The summed E-state index contributed by atoms with van der Waals surface area (Å²) in [4.78, 5) is 15.9. The van der Waals surface area contributed by atoms with Crippen molar-refractivity contribution in [2.75, 3.05) is 6.54 Å². The number of carbonyl (C=O) groups is 1. The standard InChI is InChI=1S/C13H15N3O3/c1-8-3-4-10(7-11(8)17)13(18)14-6-5-12-15-9(2)16-19-12/h3-4,7,17H,5-6H2,1-2H3,(H,14,18). The summed E-state index contributed by atoms with van der Waals surface area (Å²) >= 11 is 0. The van der Waals surface area contributed by atoms with Crippen LogP contribution in [-0.4, -0.2) is 27.7 Å². The van der Waals surface area contributed by atoms with Gasteiger partial charge < -0.3 is 14.9 Å². The molecule has 0 saturated heterocycles. The van der Waals surface area contributed by atoms with Crippen LogP contribution in [0.4, 0.5) is 0 Å². The van der Waals surface area contributed by atoms with Crippen LogP contribution >= 0.6 is 0 Å². The van der Waals surface area contributed by atoms with E-state index in [1.54, 1.807) is 26.0 Å². The number of phenolic OH excluding ortho intramolecular Hbond substituents is 1. The third-order valence-corrected chi connectivity index (χ3v) is 2.67. The molecule has 0 aliphatic rings. The topological polar surface area (TPSA) is 88.2 Å². The van der Waals surface area contributed by atoms with E-state index in [9.17, 15) is 9.90 Å². The van der Waals surface area contributed by atoms with Crippen molar-refractivity contribution in [1.29, 1.82) is 0 Å². The van der Waals surface area contributed by atoms with Gasteiger partial charge in [0.1, 0.15) is 5.75 Å². The number of phenols is 1. The zero-order valence-corrected chi connectivity index (χ0v) is 10.8. The van der Waals surface area contributed by atoms with Crippen LogP contribution in [0.15, 0.2) is 22.7 Å². The number of nitrogens with one attached hydrogen (secondary N) is 1. The van der Waals surface area contributed by atoms with Crippen LogP contribution in [0.5, 0.6) is 5.75 Å². The van der Waals surface area contributed by atoms with E-state index in [1.165, 1.54) is 6.07 Å². The van der Waals surface area contributed by atoms with Gasteiger partial charge in [-0.15, -0.1) is 0 Å². The second-order valence-electron chi connectivity index (χ2n) is 4.24. The van der Waals surface area contributed by atoms with Crippen molar-refractivity contribution >= 4 is 5.91 Å². The Morgan fingerprint density at radius 2 is 2.21 bits per heavy atom. The number of aromatic hydroxyl groups is 1. The van der Waals surface area contributed by atoms with E-state index in [0.29, 0.717) is 30.2 Å². The Hall–Kier alpha value is -2.37. The van der Waals surface area contributed by atoms with E-state index < -0.39 is 0 Å². The van der Waals surface area contributed by atoms with Crippen LogP contribution in [0.25, 0.3) is 0 Å². The van der Waals surface area contributed by atoms with Gasteiger partial charge in [-0.05, 0) is 31.5 Å². The Kier molecular flexibility index (Phi) is 3.79. The quantitative estimate of drug-likeness (QED) is 0.867. The molecule has 6 heteroatoms. The molecule has 1 aromatic heterocycles. The molecule has 0 bridgehead atoms. The van der Waals surface area contributed by atoms with Crippen molar-refractivity contribution in [3.8, 4) is 5.75 Å². The summed E-state index contributed by atoms with van der Waals surface area (Å²) in [6.45, 7) is 3.91. The van der Waals surface area contributed by atoms with Gasteiger partial charge in [0.05, 0.1) is 0 Å². The van der Waals surface area contributed by atoms with Gasteiger partial charge in [0.2, 0.25) is 5.89 Å². The van der Waals surface area contributed by atoms with Gasteiger partial charge in [0.25, 0.3) is 5.91 Å².